The average molecular weight is 331 g/mol. The van der Waals surface area contributed by atoms with Gasteiger partial charge in [0.1, 0.15) is 5.69 Å². The highest BCUT2D eigenvalue weighted by molar-refractivity contribution is 5.94. The Morgan fingerprint density at radius 3 is 2.54 bits per heavy atom. The van der Waals surface area contributed by atoms with Gasteiger partial charge >= 0.3 is 0 Å². The number of rotatable bonds is 2. The van der Waals surface area contributed by atoms with E-state index >= 15 is 0 Å². The topological polar surface area (TPSA) is 47.4 Å². The van der Waals surface area contributed by atoms with Crippen molar-refractivity contribution < 1.29 is 9.53 Å². The number of amides is 1. The molecule has 0 unspecified atom stereocenters. The molecule has 4 rings (SSSR count). The molecule has 3 heterocycles. The Hall–Kier alpha value is -1.36. The van der Waals surface area contributed by atoms with Gasteiger partial charge in [-0.1, -0.05) is 6.42 Å². The van der Waals surface area contributed by atoms with Crippen molar-refractivity contribution in [1.82, 2.24) is 14.7 Å². The summed E-state index contributed by atoms with van der Waals surface area (Å²) in [7, 11) is 0. The number of aryl methyl sites for hydroxylation is 1. The number of fused-ring (bicyclic) bond motifs is 1. The quantitative estimate of drug-likeness (QED) is 0.835. The van der Waals surface area contributed by atoms with Crippen LogP contribution in [0.3, 0.4) is 0 Å². The molecule has 24 heavy (non-hydrogen) atoms. The lowest BCUT2D eigenvalue weighted by Gasteiger charge is -2.48. The van der Waals surface area contributed by atoms with Gasteiger partial charge in [-0.25, -0.2) is 0 Å². The zero-order valence-corrected chi connectivity index (χ0v) is 15.2. The van der Waals surface area contributed by atoms with Gasteiger partial charge in [-0.05, 0) is 51.9 Å². The van der Waals surface area contributed by atoms with Crippen molar-refractivity contribution in [2.45, 2.75) is 78.0 Å². The van der Waals surface area contributed by atoms with E-state index in [-0.39, 0.29) is 18.1 Å². The Bertz CT molecular complexity index is 637. The fourth-order valence-electron chi connectivity index (χ4n) is 4.77. The molecule has 132 valence electrons. The third-order valence-corrected chi connectivity index (χ3v) is 6.42. The zero-order valence-electron chi connectivity index (χ0n) is 15.2. The van der Waals surface area contributed by atoms with Crippen LogP contribution in [-0.2, 0) is 17.7 Å². The van der Waals surface area contributed by atoms with Crippen LogP contribution in [0.1, 0.15) is 80.7 Å². The van der Waals surface area contributed by atoms with Gasteiger partial charge in [-0.2, -0.15) is 5.10 Å². The van der Waals surface area contributed by atoms with E-state index in [9.17, 15) is 4.79 Å². The number of carbonyl (C=O) groups is 1. The summed E-state index contributed by atoms with van der Waals surface area (Å²) in [6, 6.07) is 0. The molecule has 1 saturated heterocycles. The number of piperidine rings is 1. The van der Waals surface area contributed by atoms with Gasteiger partial charge in [0, 0.05) is 31.6 Å². The molecule has 2 fully saturated rings. The number of ether oxygens (including phenoxy) is 1. The van der Waals surface area contributed by atoms with Crippen LogP contribution in [0.4, 0.5) is 0 Å². The summed E-state index contributed by atoms with van der Waals surface area (Å²) in [5.74, 6) is 0.182. The van der Waals surface area contributed by atoms with Crippen molar-refractivity contribution in [3.8, 4) is 0 Å². The molecule has 3 aliphatic rings. The highest BCUT2D eigenvalue weighted by atomic mass is 16.5. The highest BCUT2D eigenvalue weighted by Crippen LogP contribution is 2.49. The third kappa shape index (κ3) is 2.48. The van der Waals surface area contributed by atoms with Crippen molar-refractivity contribution in [2.75, 3.05) is 13.1 Å². The molecule has 5 nitrogen and oxygen atoms in total. The van der Waals surface area contributed by atoms with Crippen LogP contribution in [0, 0.1) is 5.41 Å². The van der Waals surface area contributed by atoms with Crippen LogP contribution in [0.5, 0.6) is 0 Å². The van der Waals surface area contributed by atoms with Gasteiger partial charge in [0.2, 0.25) is 0 Å². The van der Waals surface area contributed by atoms with E-state index < -0.39 is 0 Å². The summed E-state index contributed by atoms with van der Waals surface area (Å²) < 4.78 is 7.80. The first-order valence-corrected chi connectivity index (χ1v) is 9.57. The van der Waals surface area contributed by atoms with Crippen molar-refractivity contribution in [3.63, 3.8) is 0 Å². The second-order valence-electron chi connectivity index (χ2n) is 7.97. The van der Waals surface area contributed by atoms with Crippen LogP contribution in [0.15, 0.2) is 0 Å². The van der Waals surface area contributed by atoms with E-state index in [1.807, 2.05) is 11.6 Å². The molecule has 0 N–H and O–H groups in total. The van der Waals surface area contributed by atoms with E-state index in [4.69, 9.17) is 9.84 Å². The van der Waals surface area contributed by atoms with E-state index in [2.05, 4.69) is 18.7 Å². The molecule has 1 aliphatic carbocycles. The van der Waals surface area contributed by atoms with Crippen LogP contribution >= 0.6 is 0 Å². The van der Waals surface area contributed by atoms with Gasteiger partial charge in [-0.15, -0.1) is 0 Å². The minimum atomic E-state index is -0.0253. The first-order valence-electron chi connectivity index (χ1n) is 9.57. The first-order chi connectivity index (χ1) is 11.5. The van der Waals surface area contributed by atoms with E-state index in [0.717, 1.165) is 43.0 Å². The molecular weight excluding hydrogens is 302 g/mol. The van der Waals surface area contributed by atoms with E-state index in [1.54, 1.807) is 0 Å². The SMILES string of the molecule is CCn1nc2c(c1C(=O)N1CCC3(CCC3)CC1)C[C@H](C)O[C@@H]2C. The Morgan fingerprint density at radius 1 is 1.25 bits per heavy atom. The number of hydrogen-bond acceptors (Lipinski definition) is 3. The number of likely N-dealkylation sites (tertiary alicyclic amines) is 1. The number of aromatic nitrogens is 2. The van der Waals surface area contributed by atoms with Crippen molar-refractivity contribution in [1.29, 1.82) is 0 Å². The summed E-state index contributed by atoms with van der Waals surface area (Å²) >= 11 is 0. The molecule has 1 aromatic heterocycles. The Kier molecular flexibility index (Phi) is 3.94. The van der Waals surface area contributed by atoms with Crippen molar-refractivity contribution in [2.24, 2.45) is 5.41 Å². The van der Waals surface area contributed by atoms with Crippen LogP contribution in [-0.4, -0.2) is 39.8 Å². The van der Waals surface area contributed by atoms with Crippen molar-refractivity contribution >= 4 is 5.91 Å². The maximum absolute atomic E-state index is 13.3. The maximum Gasteiger partial charge on any atom is 0.272 e. The van der Waals surface area contributed by atoms with E-state index in [1.165, 1.54) is 32.1 Å². The molecule has 2 aliphatic heterocycles. The summed E-state index contributed by atoms with van der Waals surface area (Å²) in [5, 5.41) is 4.70. The molecule has 2 atom stereocenters. The molecule has 1 saturated carbocycles. The van der Waals surface area contributed by atoms with Crippen LogP contribution in [0.2, 0.25) is 0 Å². The third-order valence-electron chi connectivity index (χ3n) is 6.42. The Labute approximate surface area is 144 Å². The molecule has 5 heteroatoms. The fourth-order valence-corrected chi connectivity index (χ4v) is 4.77. The normalized spacial score (nSPS) is 28.5. The summed E-state index contributed by atoms with van der Waals surface area (Å²) in [6.07, 6.45) is 7.37. The predicted octanol–water partition coefficient (Wildman–Crippen LogP) is 3.33. The molecule has 1 aromatic rings. The number of nitrogens with zero attached hydrogens (tertiary/aromatic N) is 3. The molecule has 1 amide bonds. The summed E-state index contributed by atoms with van der Waals surface area (Å²) in [6.45, 7) is 8.72. The minimum Gasteiger partial charge on any atom is -0.369 e. The van der Waals surface area contributed by atoms with Gasteiger partial charge in [0.25, 0.3) is 5.91 Å². The minimum absolute atomic E-state index is 0.0253. The number of hydrogen-bond donors (Lipinski definition) is 0. The lowest BCUT2D eigenvalue weighted by molar-refractivity contribution is -0.00723. The fraction of sp³-hybridized carbons (Fsp3) is 0.789. The zero-order chi connectivity index (χ0) is 16.9. The second kappa shape index (κ2) is 5.87. The van der Waals surface area contributed by atoms with Crippen LogP contribution in [0.25, 0.3) is 0 Å². The monoisotopic (exact) mass is 331 g/mol. The summed E-state index contributed by atoms with van der Waals surface area (Å²) in [4.78, 5) is 15.3. The average Bonchev–Trinajstić information content (AvgIpc) is 2.91. The second-order valence-corrected chi connectivity index (χ2v) is 7.97. The van der Waals surface area contributed by atoms with Gasteiger partial charge in [-0.3, -0.25) is 9.48 Å². The predicted molar refractivity (Wildman–Crippen MR) is 92.0 cm³/mol. The lowest BCUT2D eigenvalue weighted by atomic mass is 9.63. The number of carbonyl (C=O) groups excluding carboxylic acids is 1. The molecule has 0 radical (unpaired) electrons. The van der Waals surface area contributed by atoms with Gasteiger partial charge < -0.3 is 9.64 Å². The van der Waals surface area contributed by atoms with E-state index in [0.29, 0.717) is 5.41 Å². The molecule has 1 spiro atoms. The smallest absolute Gasteiger partial charge is 0.272 e. The van der Waals surface area contributed by atoms with Crippen LogP contribution < -0.4 is 0 Å². The van der Waals surface area contributed by atoms with Crippen molar-refractivity contribution in [3.05, 3.63) is 17.0 Å². The maximum atomic E-state index is 13.3. The lowest BCUT2D eigenvalue weighted by Crippen LogP contribution is -2.46. The Balaban J connectivity index is 1.60. The Morgan fingerprint density at radius 2 is 1.96 bits per heavy atom. The molecule has 0 aromatic carbocycles. The first kappa shape index (κ1) is 16.1. The summed E-state index contributed by atoms with van der Waals surface area (Å²) in [5.41, 5.74) is 3.47. The molecular formula is C19H29N3O2. The standard InChI is InChI=1S/C19H29N3O2/c1-4-22-17(15-12-13(2)24-14(3)16(15)20-22)18(23)21-10-8-19(9-11-21)6-5-7-19/h13-14H,4-12H2,1-3H3/t13-,14+/m0/s1. The highest BCUT2D eigenvalue weighted by Gasteiger charge is 2.41. The van der Waals surface area contributed by atoms with Gasteiger partial charge in [0.05, 0.1) is 17.9 Å². The molecule has 0 bridgehead atoms. The van der Waals surface area contributed by atoms with Gasteiger partial charge in [0.15, 0.2) is 0 Å². The largest absolute Gasteiger partial charge is 0.369 e.